The second-order valence-electron chi connectivity index (χ2n) is 17.6. The zero-order valence-electron chi connectivity index (χ0n) is 38.0. The van der Waals surface area contributed by atoms with E-state index in [4.69, 9.17) is 0 Å². The highest BCUT2D eigenvalue weighted by molar-refractivity contribution is 6.12. The summed E-state index contributed by atoms with van der Waals surface area (Å²) >= 11 is 0. The average molecular weight is 873 g/mol. The topological polar surface area (TPSA) is 16.3 Å². The van der Waals surface area contributed by atoms with Gasteiger partial charge in [-0.2, -0.15) is 0 Å². The van der Waals surface area contributed by atoms with Crippen LogP contribution in [0.3, 0.4) is 0 Å². The first kappa shape index (κ1) is 40.6. The number of benzene rings is 10. The van der Waals surface area contributed by atoms with E-state index in [-0.39, 0.29) is 0 Å². The van der Waals surface area contributed by atoms with Crippen molar-refractivity contribution in [3.8, 4) is 11.4 Å². The van der Waals surface area contributed by atoms with Crippen LogP contribution in [0.2, 0.25) is 0 Å². The predicted octanol–water partition coefficient (Wildman–Crippen LogP) is 17.6. The van der Waals surface area contributed by atoms with Crippen molar-refractivity contribution in [3.63, 3.8) is 0 Å². The summed E-state index contributed by atoms with van der Waals surface area (Å²) in [5.41, 5.74) is 18.5. The maximum atomic E-state index is 2.38. The maximum Gasteiger partial charge on any atom is 0.0542 e. The largest absolute Gasteiger partial charge is 0.310 e. The van der Waals surface area contributed by atoms with Crippen molar-refractivity contribution in [2.75, 3.05) is 9.80 Å². The number of hydrogen-bond donors (Lipinski definition) is 0. The molecule has 0 spiro atoms. The van der Waals surface area contributed by atoms with Crippen LogP contribution in [-0.2, 0) is 0 Å². The van der Waals surface area contributed by atoms with E-state index >= 15 is 0 Å². The minimum atomic E-state index is 1.10. The summed E-state index contributed by atoms with van der Waals surface area (Å²) in [5, 5.41) is 4.96. The van der Waals surface area contributed by atoms with Crippen LogP contribution < -0.4 is 9.80 Å². The molecule has 0 aliphatic rings. The van der Waals surface area contributed by atoms with Crippen LogP contribution in [0.15, 0.2) is 243 Å². The van der Waals surface area contributed by atoms with E-state index in [0.29, 0.717) is 0 Å². The van der Waals surface area contributed by atoms with Gasteiger partial charge >= 0.3 is 0 Å². The summed E-state index contributed by atoms with van der Waals surface area (Å²) in [7, 11) is 0. The Morgan fingerprint density at radius 3 is 0.941 bits per heavy atom. The van der Waals surface area contributed by atoms with E-state index in [9.17, 15) is 0 Å². The van der Waals surface area contributed by atoms with Crippen molar-refractivity contribution in [2.24, 2.45) is 0 Å². The zero-order valence-corrected chi connectivity index (χ0v) is 38.0. The first-order chi connectivity index (χ1) is 33.5. The van der Waals surface area contributed by atoms with Crippen molar-refractivity contribution >= 4 is 89.9 Å². The highest BCUT2D eigenvalue weighted by Crippen LogP contribution is 2.42. The van der Waals surface area contributed by atoms with Gasteiger partial charge in [0.1, 0.15) is 0 Å². The Bertz CT molecular complexity index is 3520. The van der Waals surface area contributed by atoms with Crippen LogP contribution in [0.4, 0.5) is 34.1 Å². The first-order valence-electron chi connectivity index (χ1n) is 23.3. The molecule has 0 unspecified atom stereocenters. The Balaban J connectivity index is 0.857. The van der Waals surface area contributed by atoms with Gasteiger partial charge in [-0.05, 0) is 158 Å². The van der Waals surface area contributed by atoms with Gasteiger partial charge in [0.25, 0.3) is 0 Å². The molecule has 10 aromatic carbocycles. The monoisotopic (exact) mass is 872 g/mol. The van der Waals surface area contributed by atoms with Crippen LogP contribution in [0.1, 0.15) is 22.3 Å². The average Bonchev–Trinajstić information content (AvgIpc) is 3.89. The van der Waals surface area contributed by atoms with E-state index in [1.54, 1.807) is 0 Å². The Hall–Kier alpha value is -8.86. The number of para-hydroxylation sites is 4. The molecule has 0 atom stereocenters. The molecule has 324 valence electrons. The zero-order chi connectivity index (χ0) is 45.6. The van der Waals surface area contributed by atoms with E-state index in [0.717, 1.165) is 56.6 Å². The summed E-state index contributed by atoms with van der Waals surface area (Å²) in [4.78, 5) is 4.71. The molecule has 0 amide bonds. The molecule has 0 radical (unpaired) electrons. The van der Waals surface area contributed by atoms with Gasteiger partial charge in [-0.1, -0.05) is 132 Å². The van der Waals surface area contributed by atoms with E-state index in [2.05, 4.69) is 288 Å². The quantitative estimate of drug-likeness (QED) is 0.127. The molecular weight excluding hydrogens is 825 g/mol. The summed E-state index contributed by atoms with van der Waals surface area (Å²) in [6.07, 6.45) is 4.40. The first-order valence-corrected chi connectivity index (χ1v) is 23.3. The lowest BCUT2D eigenvalue weighted by Crippen LogP contribution is -2.09. The molecule has 0 aliphatic carbocycles. The van der Waals surface area contributed by atoms with Gasteiger partial charge in [0.05, 0.1) is 22.1 Å². The highest BCUT2D eigenvalue weighted by Gasteiger charge is 2.19. The molecule has 68 heavy (non-hydrogen) atoms. The molecule has 0 fully saturated rings. The molecule has 4 heteroatoms. The lowest BCUT2D eigenvalue weighted by atomic mass is 10.1. The van der Waals surface area contributed by atoms with Crippen molar-refractivity contribution in [1.82, 2.24) is 9.13 Å². The minimum absolute atomic E-state index is 1.10. The smallest absolute Gasteiger partial charge is 0.0542 e. The highest BCUT2D eigenvalue weighted by atomic mass is 15.1. The number of anilines is 6. The summed E-state index contributed by atoms with van der Waals surface area (Å²) in [6, 6.07) is 87.7. The van der Waals surface area contributed by atoms with Crippen molar-refractivity contribution in [3.05, 3.63) is 265 Å². The van der Waals surface area contributed by atoms with Crippen molar-refractivity contribution < 1.29 is 0 Å². The van der Waals surface area contributed by atoms with Crippen LogP contribution in [-0.4, -0.2) is 9.13 Å². The summed E-state index contributed by atoms with van der Waals surface area (Å²) in [6.45, 7) is 4.34. The second-order valence-corrected chi connectivity index (χ2v) is 17.6. The number of aryl methyl sites for hydroxylation is 2. The SMILES string of the molecule is Cc1ccc2c(c1)c1cc(N(c3ccccc3)c3ccc(/C=C/c4ccc(N(c5ccccc5)c5ccc6c(c5)c5cc(C)ccc5n6-c5ccccc5)cc4)cc3)ccc1n2-c1ccccc1. The fourth-order valence-corrected chi connectivity index (χ4v) is 9.95. The third-order valence-corrected chi connectivity index (χ3v) is 13.2. The molecule has 12 rings (SSSR count). The number of fused-ring (bicyclic) bond motifs is 6. The number of nitrogens with zero attached hydrogens (tertiary/aromatic N) is 4. The number of hydrogen-bond acceptors (Lipinski definition) is 2. The van der Waals surface area contributed by atoms with Crippen molar-refractivity contribution in [2.45, 2.75) is 13.8 Å². The standard InChI is InChI=1S/C64H48N4/c1-45-23-37-61-57(41-45)59-43-55(35-39-63(59)67(61)51-19-11-5-12-20-51)65(49-15-7-3-8-16-49)53-31-27-47(28-32-53)25-26-48-29-33-54(34-30-48)66(50-17-9-4-10-18-50)56-36-40-64-60(44-56)58-42-46(2)24-38-62(58)68(64)52-21-13-6-14-22-52/h3-44H,1-2H3/b26-25+. The third kappa shape index (κ3) is 7.39. The Labute approximate surface area is 397 Å². The Kier molecular flexibility index (Phi) is 10.3. The van der Waals surface area contributed by atoms with Gasteiger partial charge in [0.2, 0.25) is 0 Å². The van der Waals surface area contributed by atoms with Crippen LogP contribution in [0.5, 0.6) is 0 Å². The lowest BCUT2D eigenvalue weighted by Gasteiger charge is -2.26. The Morgan fingerprint density at radius 2 is 0.574 bits per heavy atom. The molecule has 0 aliphatic heterocycles. The van der Waals surface area contributed by atoms with Gasteiger partial charge < -0.3 is 18.9 Å². The summed E-state index contributed by atoms with van der Waals surface area (Å²) in [5.74, 6) is 0. The van der Waals surface area contributed by atoms with Crippen LogP contribution in [0.25, 0.3) is 67.1 Å². The van der Waals surface area contributed by atoms with E-state index in [1.165, 1.54) is 54.7 Å². The molecule has 2 heterocycles. The van der Waals surface area contributed by atoms with Gasteiger partial charge in [0.15, 0.2) is 0 Å². The Morgan fingerprint density at radius 1 is 0.279 bits per heavy atom. The van der Waals surface area contributed by atoms with Gasteiger partial charge in [-0.15, -0.1) is 0 Å². The van der Waals surface area contributed by atoms with Crippen LogP contribution in [0, 0.1) is 13.8 Å². The van der Waals surface area contributed by atoms with Gasteiger partial charge in [0, 0.05) is 67.0 Å². The predicted molar refractivity (Wildman–Crippen MR) is 289 cm³/mol. The molecular formula is C64H48N4. The molecule has 12 aromatic rings. The van der Waals surface area contributed by atoms with Crippen LogP contribution >= 0.6 is 0 Å². The molecule has 0 N–H and O–H groups in total. The second kappa shape index (κ2) is 17.2. The molecule has 0 bridgehead atoms. The van der Waals surface area contributed by atoms with Gasteiger partial charge in [-0.25, -0.2) is 0 Å². The molecule has 4 nitrogen and oxygen atoms in total. The number of aromatic nitrogens is 2. The lowest BCUT2D eigenvalue weighted by molar-refractivity contribution is 1.18. The van der Waals surface area contributed by atoms with Gasteiger partial charge in [-0.3, -0.25) is 0 Å². The maximum absolute atomic E-state index is 2.38. The fourth-order valence-electron chi connectivity index (χ4n) is 9.95. The minimum Gasteiger partial charge on any atom is -0.310 e. The summed E-state index contributed by atoms with van der Waals surface area (Å²) < 4.78 is 4.75. The number of rotatable bonds is 10. The normalized spacial score (nSPS) is 11.6. The van der Waals surface area contributed by atoms with E-state index in [1.807, 2.05) is 0 Å². The van der Waals surface area contributed by atoms with Crippen molar-refractivity contribution in [1.29, 1.82) is 0 Å². The molecule has 2 aromatic heterocycles. The molecule has 0 saturated heterocycles. The molecule has 0 saturated carbocycles. The third-order valence-electron chi connectivity index (χ3n) is 13.2. The fraction of sp³-hybridized carbons (Fsp3) is 0.0312. The van der Waals surface area contributed by atoms with E-state index < -0.39 is 0 Å².